The second-order valence-corrected chi connectivity index (χ2v) is 6.77. The van der Waals surface area contributed by atoms with Crippen LogP contribution >= 0.6 is 27.7 Å². The van der Waals surface area contributed by atoms with Crippen LogP contribution in [0.25, 0.3) is 0 Å². The molecule has 1 unspecified atom stereocenters. The maximum Gasteiger partial charge on any atom is 0.344 e. The van der Waals surface area contributed by atoms with Crippen molar-refractivity contribution in [2.75, 3.05) is 0 Å². The highest BCUT2D eigenvalue weighted by Gasteiger charge is 2.28. The highest BCUT2D eigenvalue weighted by Crippen LogP contribution is 2.38. The van der Waals surface area contributed by atoms with Gasteiger partial charge in [0.25, 0.3) is 0 Å². The molecule has 3 rings (SSSR count). The summed E-state index contributed by atoms with van der Waals surface area (Å²) < 4.78 is 2.58. The van der Waals surface area contributed by atoms with Gasteiger partial charge in [-0.05, 0) is 49.2 Å². The Labute approximate surface area is 128 Å². The van der Waals surface area contributed by atoms with Gasteiger partial charge in [0.15, 0.2) is 5.16 Å². The Bertz CT molecular complexity index is 691. The Morgan fingerprint density at radius 3 is 2.90 bits per heavy atom. The SMILES string of the molecule is CC(O)c1ccc(Sc2n[nH]c(=O)n2C2CC2)cc1Br. The molecule has 2 N–H and O–H groups in total. The van der Waals surface area contributed by atoms with Crippen LogP contribution in [0.2, 0.25) is 0 Å². The van der Waals surface area contributed by atoms with Crippen LogP contribution in [0.3, 0.4) is 0 Å². The quantitative estimate of drug-likeness (QED) is 0.884. The van der Waals surface area contributed by atoms with Crippen molar-refractivity contribution in [1.82, 2.24) is 14.8 Å². The molecule has 20 heavy (non-hydrogen) atoms. The van der Waals surface area contributed by atoms with Crippen LogP contribution in [0, 0.1) is 0 Å². The van der Waals surface area contributed by atoms with E-state index in [2.05, 4.69) is 26.1 Å². The second-order valence-electron chi connectivity index (χ2n) is 4.87. The molecular weight excluding hydrogens is 342 g/mol. The summed E-state index contributed by atoms with van der Waals surface area (Å²) in [5, 5.41) is 16.9. The molecule has 0 amide bonds. The van der Waals surface area contributed by atoms with Crippen LogP contribution in [-0.4, -0.2) is 19.9 Å². The molecule has 7 heteroatoms. The molecule has 1 fully saturated rings. The van der Waals surface area contributed by atoms with E-state index < -0.39 is 6.10 Å². The summed E-state index contributed by atoms with van der Waals surface area (Å²) in [5.41, 5.74) is 0.700. The Balaban J connectivity index is 1.88. The van der Waals surface area contributed by atoms with E-state index >= 15 is 0 Å². The van der Waals surface area contributed by atoms with Gasteiger partial charge in [0, 0.05) is 15.4 Å². The highest BCUT2D eigenvalue weighted by molar-refractivity contribution is 9.10. The molecule has 2 aromatic rings. The largest absolute Gasteiger partial charge is 0.389 e. The molecule has 0 aliphatic heterocycles. The van der Waals surface area contributed by atoms with E-state index in [-0.39, 0.29) is 5.69 Å². The van der Waals surface area contributed by atoms with Crippen LogP contribution in [-0.2, 0) is 0 Å². The van der Waals surface area contributed by atoms with Gasteiger partial charge < -0.3 is 5.11 Å². The fraction of sp³-hybridized carbons (Fsp3) is 0.385. The van der Waals surface area contributed by atoms with Crippen molar-refractivity contribution in [3.05, 3.63) is 38.7 Å². The number of halogens is 1. The number of aromatic nitrogens is 3. The summed E-state index contributed by atoms with van der Waals surface area (Å²) in [6.45, 7) is 1.73. The number of aliphatic hydroxyl groups excluding tert-OH is 1. The minimum absolute atomic E-state index is 0.144. The lowest BCUT2D eigenvalue weighted by molar-refractivity contribution is 0.198. The summed E-state index contributed by atoms with van der Waals surface area (Å²) in [6.07, 6.45) is 1.56. The number of benzene rings is 1. The molecule has 106 valence electrons. The zero-order chi connectivity index (χ0) is 14.3. The summed E-state index contributed by atoms with van der Waals surface area (Å²) in [4.78, 5) is 12.7. The smallest absolute Gasteiger partial charge is 0.344 e. The molecule has 0 saturated heterocycles. The average molecular weight is 356 g/mol. The van der Waals surface area contributed by atoms with Gasteiger partial charge in [-0.1, -0.05) is 22.0 Å². The summed E-state index contributed by atoms with van der Waals surface area (Å²) in [5.74, 6) is 0. The van der Waals surface area contributed by atoms with Crippen molar-refractivity contribution in [1.29, 1.82) is 0 Å². The lowest BCUT2D eigenvalue weighted by Gasteiger charge is -2.09. The third-order valence-electron chi connectivity index (χ3n) is 3.22. The number of H-pyrrole nitrogens is 1. The number of aliphatic hydroxyl groups is 1. The van der Waals surface area contributed by atoms with E-state index in [0.717, 1.165) is 27.8 Å². The lowest BCUT2D eigenvalue weighted by atomic mass is 10.1. The fourth-order valence-corrected chi connectivity index (χ4v) is 3.84. The Hall–Kier alpha value is -1.05. The predicted octanol–water partition coefficient (Wildman–Crippen LogP) is 2.87. The van der Waals surface area contributed by atoms with Crippen molar-refractivity contribution in [3.8, 4) is 0 Å². The maximum atomic E-state index is 11.7. The molecule has 1 aromatic heterocycles. The second kappa shape index (κ2) is 5.38. The minimum atomic E-state index is -0.515. The van der Waals surface area contributed by atoms with Gasteiger partial charge in [0.1, 0.15) is 0 Å². The number of aromatic amines is 1. The van der Waals surface area contributed by atoms with Crippen LogP contribution in [0.5, 0.6) is 0 Å². The number of rotatable bonds is 4. The van der Waals surface area contributed by atoms with Crippen molar-refractivity contribution in [2.24, 2.45) is 0 Å². The summed E-state index contributed by atoms with van der Waals surface area (Å²) >= 11 is 4.90. The normalized spacial score (nSPS) is 16.4. The Kier molecular flexibility index (Phi) is 3.74. The Morgan fingerprint density at radius 1 is 1.55 bits per heavy atom. The third kappa shape index (κ3) is 2.70. The molecule has 1 aromatic carbocycles. The fourth-order valence-electron chi connectivity index (χ4n) is 2.03. The summed E-state index contributed by atoms with van der Waals surface area (Å²) in [6, 6.07) is 6.03. The monoisotopic (exact) mass is 355 g/mol. The number of nitrogens with zero attached hydrogens (tertiary/aromatic N) is 2. The molecule has 0 radical (unpaired) electrons. The van der Waals surface area contributed by atoms with Crippen molar-refractivity contribution < 1.29 is 5.11 Å². The van der Waals surface area contributed by atoms with Crippen molar-refractivity contribution in [3.63, 3.8) is 0 Å². The topological polar surface area (TPSA) is 70.9 Å². The van der Waals surface area contributed by atoms with Crippen LogP contribution < -0.4 is 5.69 Å². The van der Waals surface area contributed by atoms with Gasteiger partial charge in [0.05, 0.1) is 6.10 Å². The van der Waals surface area contributed by atoms with E-state index in [0.29, 0.717) is 11.2 Å². The number of hydrogen-bond acceptors (Lipinski definition) is 4. The number of hydrogen-bond donors (Lipinski definition) is 2. The van der Waals surface area contributed by atoms with Gasteiger partial charge >= 0.3 is 5.69 Å². The van der Waals surface area contributed by atoms with Crippen LogP contribution in [0.1, 0.15) is 37.5 Å². The first-order chi connectivity index (χ1) is 9.56. The molecule has 1 aliphatic carbocycles. The van der Waals surface area contributed by atoms with Gasteiger partial charge in [-0.3, -0.25) is 4.57 Å². The molecule has 1 saturated carbocycles. The third-order valence-corrected chi connectivity index (χ3v) is 4.86. The molecule has 1 atom stereocenters. The van der Waals surface area contributed by atoms with Crippen molar-refractivity contribution in [2.45, 2.75) is 42.0 Å². The molecule has 5 nitrogen and oxygen atoms in total. The van der Waals surface area contributed by atoms with E-state index in [4.69, 9.17) is 0 Å². The molecule has 1 aliphatic rings. The highest BCUT2D eigenvalue weighted by atomic mass is 79.9. The van der Waals surface area contributed by atoms with Gasteiger partial charge in [-0.15, -0.1) is 5.10 Å². The zero-order valence-electron chi connectivity index (χ0n) is 10.8. The molecule has 1 heterocycles. The van der Waals surface area contributed by atoms with E-state index in [1.807, 2.05) is 18.2 Å². The molecular formula is C13H14BrN3O2S. The average Bonchev–Trinajstić information content (AvgIpc) is 3.15. The first-order valence-corrected chi connectivity index (χ1v) is 7.99. The predicted molar refractivity (Wildman–Crippen MR) is 80.0 cm³/mol. The molecule has 0 spiro atoms. The summed E-state index contributed by atoms with van der Waals surface area (Å²) in [7, 11) is 0. The van der Waals surface area contributed by atoms with Gasteiger partial charge in [0.2, 0.25) is 0 Å². The van der Waals surface area contributed by atoms with Crippen LogP contribution in [0.15, 0.2) is 37.5 Å². The zero-order valence-corrected chi connectivity index (χ0v) is 13.2. The van der Waals surface area contributed by atoms with Crippen molar-refractivity contribution >= 4 is 27.7 Å². The molecule has 0 bridgehead atoms. The van der Waals surface area contributed by atoms with E-state index in [1.165, 1.54) is 11.8 Å². The van der Waals surface area contributed by atoms with E-state index in [9.17, 15) is 9.90 Å². The minimum Gasteiger partial charge on any atom is -0.389 e. The van der Waals surface area contributed by atoms with Gasteiger partial charge in [-0.25, -0.2) is 9.89 Å². The van der Waals surface area contributed by atoms with Gasteiger partial charge in [-0.2, -0.15) is 0 Å². The maximum absolute atomic E-state index is 11.7. The Morgan fingerprint density at radius 2 is 2.30 bits per heavy atom. The standard InChI is InChI=1S/C13H14BrN3O2S/c1-7(18)10-5-4-9(6-11(10)14)20-13-16-15-12(19)17(13)8-2-3-8/h4-8,18H,2-3H2,1H3,(H,15,19). The first kappa shape index (κ1) is 13.9. The number of nitrogens with one attached hydrogen (secondary N) is 1. The van der Waals surface area contributed by atoms with E-state index in [1.54, 1.807) is 11.5 Å². The first-order valence-electron chi connectivity index (χ1n) is 6.38. The van der Waals surface area contributed by atoms with Crippen LogP contribution in [0.4, 0.5) is 0 Å². The lowest BCUT2D eigenvalue weighted by Crippen LogP contribution is -2.15.